The van der Waals surface area contributed by atoms with Crippen molar-refractivity contribution in [1.82, 2.24) is 0 Å². The summed E-state index contributed by atoms with van der Waals surface area (Å²) in [7, 11) is 0. The third kappa shape index (κ3) is 2.69. The zero-order valence-electron chi connectivity index (χ0n) is 10.1. The van der Waals surface area contributed by atoms with Crippen molar-refractivity contribution >= 4 is 5.78 Å². The van der Waals surface area contributed by atoms with E-state index in [1.165, 1.54) is 5.56 Å². The molecule has 0 spiro atoms. The molecule has 1 nitrogen and oxygen atoms in total. The van der Waals surface area contributed by atoms with Gasteiger partial charge in [0.15, 0.2) is 5.78 Å². The molecule has 1 rings (SSSR count). The van der Waals surface area contributed by atoms with Crippen LogP contribution in [0.1, 0.15) is 47.8 Å². The molecule has 1 aromatic rings. The van der Waals surface area contributed by atoms with Gasteiger partial charge in [-0.1, -0.05) is 26.0 Å². The summed E-state index contributed by atoms with van der Waals surface area (Å²) in [5.41, 5.74) is 4.26. The number of ketones is 1. The van der Waals surface area contributed by atoms with Gasteiger partial charge in [-0.05, 0) is 44.4 Å². The first-order chi connectivity index (χ1) is 6.54. The summed E-state index contributed by atoms with van der Waals surface area (Å²) in [5.74, 6) is 0.161. The lowest BCUT2D eigenvalue weighted by Crippen LogP contribution is -2.01. The predicted molar refractivity (Wildman–Crippen MR) is 62.0 cm³/mol. The van der Waals surface area contributed by atoms with Gasteiger partial charge in [0.05, 0.1) is 0 Å². The number of carbonyl (C=O) groups excluding carboxylic acids is 1. The number of Topliss-reactive ketones (excluding diaryl/α,β-unsaturated/α-hetero) is 1. The standard InChI is InChI=1S/C11H14O.C2H6/c1-7-5-6-8(2)11(9(7)3)10(4)12;1-2/h5-6H,1-4H3;1-2H3. The van der Waals surface area contributed by atoms with Crippen molar-refractivity contribution in [2.24, 2.45) is 0 Å². The number of hydrogen-bond acceptors (Lipinski definition) is 1. The highest BCUT2D eigenvalue weighted by Crippen LogP contribution is 2.17. The van der Waals surface area contributed by atoms with Gasteiger partial charge < -0.3 is 0 Å². The molecule has 0 bridgehead atoms. The molecule has 14 heavy (non-hydrogen) atoms. The Balaban J connectivity index is 0.000000791. The molecule has 78 valence electrons. The third-order valence-electron chi connectivity index (χ3n) is 2.30. The molecule has 0 saturated carbocycles. The highest BCUT2D eigenvalue weighted by Gasteiger charge is 2.08. The summed E-state index contributed by atoms with van der Waals surface area (Å²) >= 11 is 0. The summed E-state index contributed by atoms with van der Waals surface area (Å²) < 4.78 is 0. The average Bonchev–Trinajstić information content (AvgIpc) is 2.15. The number of benzene rings is 1. The lowest BCUT2D eigenvalue weighted by atomic mass is 9.96. The summed E-state index contributed by atoms with van der Waals surface area (Å²) in [5, 5.41) is 0. The van der Waals surface area contributed by atoms with Crippen LogP contribution in [0.15, 0.2) is 12.1 Å². The molecule has 0 unspecified atom stereocenters. The van der Waals surface area contributed by atoms with Gasteiger partial charge in [0, 0.05) is 5.56 Å². The van der Waals surface area contributed by atoms with E-state index in [0.717, 1.165) is 16.7 Å². The van der Waals surface area contributed by atoms with Crippen molar-refractivity contribution in [3.05, 3.63) is 34.4 Å². The van der Waals surface area contributed by atoms with Crippen molar-refractivity contribution in [2.75, 3.05) is 0 Å². The van der Waals surface area contributed by atoms with Crippen LogP contribution in [0.5, 0.6) is 0 Å². The van der Waals surface area contributed by atoms with E-state index in [4.69, 9.17) is 0 Å². The molecule has 0 amide bonds. The van der Waals surface area contributed by atoms with Crippen LogP contribution in [-0.4, -0.2) is 5.78 Å². The fourth-order valence-electron chi connectivity index (χ4n) is 1.49. The monoisotopic (exact) mass is 192 g/mol. The average molecular weight is 192 g/mol. The van der Waals surface area contributed by atoms with Gasteiger partial charge in [-0.25, -0.2) is 0 Å². The number of aryl methyl sites for hydroxylation is 2. The zero-order valence-corrected chi connectivity index (χ0v) is 10.1. The Kier molecular flexibility index (Phi) is 5.14. The van der Waals surface area contributed by atoms with E-state index in [0.29, 0.717) is 0 Å². The van der Waals surface area contributed by atoms with Crippen LogP contribution in [0.4, 0.5) is 0 Å². The van der Waals surface area contributed by atoms with Crippen LogP contribution in [-0.2, 0) is 0 Å². The molecule has 0 aromatic heterocycles. The smallest absolute Gasteiger partial charge is 0.160 e. The minimum absolute atomic E-state index is 0.161. The van der Waals surface area contributed by atoms with Crippen molar-refractivity contribution in [2.45, 2.75) is 41.5 Å². The van der Waals surface area contributed by atoms with E-state index in [-0.39, 0.29) is 5.78 Å². The fourth-order valence-corrected chi connectivity index (χ4v) is 1.49. The molecule has 0 radical (unpaired) electrons. The molecule has 0 heterocycles. The third-order valence-corrected chi connectivity index (χ3v) is 2.30. The zero-order chi connectivity index (χ0) is 11.3. The molecule has 0 aliphatic carbocycles. The number of hydrogen-bond donors (Lipinski definition) is 0. The Hall–Kier alpha value is -1.11. The number of rotatable bonds is 1. The van der Waals surface area contributed by atoms with Gasteiger partial charge in [-0.3, -0.25) is 4.79 Å². The summed E-state index contributed by atoms with van der Waals surface area (Å²) in [6, 6.07) is 4.05. The van der Waals surface area contributed by atoms with Crippen LogP contribution in [0, 0.1) is 20.8 Å². The minimum atomic E-state index is 0.161. The van der Waals surface area contributed by atoms with Crippen LogP contribution < -0.4 is 0 Å². The highest BCUT2D eigenvalue weighted by atomic mass is 16.1. The van der Waals surface area contributed by atoms with Crippen LogP contribution in [0.2, 0.25) is 0 Å². The highest BCUT2D eigenvalue weighted by molar-refractivity contribution is 5.97. The fraction of sp³-hybridized carbons (Fsp3) is 0.462. The van der Waals surface area contributed by atoms with E-state index in [2.05, 4.69) is 6.07 Å². The van der Waals surface area contributed by atoms with Crippen LogP contribution >= 0.6 is 0 Å². The maximum atomic E-state index is 11.2. The molecule has 0 aliphatic rings. The molecule has 1 heteroatoms. The first-order valence-electron chi connectivity index (χ1n) is 5.11. The van der Waals surface area contributed by atoms with E-state index in [9.17, 15) is 4.79 Å². The SMILES string of the molecule is CC.CC(=O)c1c(C)ccc(C)c1C. The Labute approximate surface area is 87.2 Å². The van der Waals surface area contributed by atoms with Gasteiger partial charge in [-0.2, -0.15) is 0 Å². The largest absolute Gasteiger partial charge is 0.294 e. The van der Waals surface area contributed by atoms with Gasteiger partial charge in [0.2, 0.25) is 0 Å². The molecular weight excluding hydrogens is 172 g/mol. The second-order valence-corrected chi connectivity index (χ2v) is 3.26. The normalized spacial score (nSPS) is 9.00. The second kappa shape index (κ2) is 5.58. The minimum Gasteiger partial charge on any atom is -0.294 e. The van der Waals surface area contributed by atoms with Crippen molar-refractivity contribution < 1.29 is 4.79 Å². The molecule has 1 aromatic carbocycles. The topological polar surface area (TPSA) is 17.1 Å². The Morgan fingerprint density at radius 3 is 1.79 bits per heavy atom. The summed E-state index contributed by atoms with van der Waals surface area (Å²) in [6.07, 6.45) is 0. The van der Waals surface area contributed by atoms with Crippen LogP contribution in [0.3, 0.4) is 0 Å². The van der Waals surface area contributed by atoms with Crippen molar-refractivity contribution in [1.29, 1.82) is 0 Å². The lowest BCUT2D eigenvalue weighted by Gasteiger charge is -2.08. The van der Waals surface area contributed by atoms with E-state index in [1.807, 2.05) is 40.7 Å². The molecule has 0 saturated heterocycles. The molecule has 0 atom stereocenters. The van der Waals surface area contributed by atoms with Crippen molar-refractivity contribution in [3.63, 3.8) is 0 Å². The maximum absolute atomic E-state index is 11.2. The van der Waals surface area contributed by atoms with E-state index < -0.39 is 0 Å². The Morgan fingerprint density at radius 2 is 1.43 bits per heavy atom. The van der Waals surface area contributed by atoms with Gasteiger partial charge in [-0.15, -0.1) is 0 Å². The maximum Gasteiger partial charge on any atom is 0.160 e. The lowest BCUT2D eigenvalue weighted by molar-refractivity contribution is 0.101. The number of carbonyl (C=O) groups is 1. The van der Waals surface area contributed by atoms with Gasteiger partial charge in [0.1, 0.15) is 0 Å². The van der Waals surface area contributed by atoms with E-state index in [1.54, 1.807) is 6.92 Å². The first kappa shape index (κ1) is 12.9. The molecule has 0 aliphatic heterocycles. The van der Waals surface area contributed by atoms with Crippen LogP contribution in [0.25, 0.3) is 0 Å². The summed E-state index contributed by atoms with van der Waals surface area (Å²) in [4.78, 5) is 11.2. The quantitative estimate of drug-likeness (QED) is 0.618. The second-order valence-electron chi connectivity index (χ2n) is 3.26. The Bertz CT molecular complexity index is 324. The van der Waals surface area contributed by atoms with Crippen molar-refractivity contribution in [3.8, 4) is 0 Å². The Morgan fingerprint density at radius 1 is 1.00 bits per heavy atom. The molecular formula is C13H20O. The molecule has 0 fully saturated rings. The van der Waals surface area contributed by atoms with E-state index >= 15 is 0 Å². The first-order valence-corrected chi connectivity index (χ1v) is 5.11. The summed E-state index contributed by atoms with van der Waals surface area (Å²) in [6.45, 7) is 11.6. The molecule has 0 N–H and O–H groups in total. The van der Waals surface area contributed by atoms with Gasteiger partial charge >= 0.3 is 0 Å². The van der Waals surface area contributed by atoms with Gasteiger partial charge in [0.25, 0.3) is 0 Å². The predicted octanol–water partition coefficient (Wildman–Crippen LogP) is 3.84.